The molecule has 8 heteroatoms. The van der Waals surface area contributed by atoms with E-state index in [4.69, 9.17) is 4.98 Å². The molecule has 0 fully saturated rings. The number of rotatable bonds is 4. The summed E-state index contributed by atoms with van der Waals surface area (Å²) in [6, 6.07) is 30.8. The van der Waals surface area contributed by atoms with Gasteiger partial charge < -0.3 is 33.8 Å². The summed E-state index contributed by atoms with van der Waals surface area (Å²) in [6.45, 7) is 14.9. The number of halogens is 1. The van der Waals surface area contributed by atoms with E-state index in [2.05, 4.69) is 119 Å². The maximum absolute atomic E-state index is 4.70. The van der Waals surface area contributed by atoms with Crippen molar-refractivity contribution in [2.75, 3.05) is 9.80 Å². The van der Waals surface area contributed by atoms with Crippen LogP contribution in [-0.4, -0.2) is 20.6 Å². The van der Waals surface area contributed by atoms with Crippen LogP contribution < -0.4 is 38.3 Å². The van der Waals surface area contributed by atoms with Crippen LogP contribution in [0.5, 0.6) is 0 Å². The van der Waals surface area contributed by atoms with Gasteiger partial charge in [-0.3, -0.25) is 0 Å². The molecule has 0 bridgehead atoms. The van der Waals surface area contributed by atoms with Crippen LogP contribution in [0.4, 0.5) is 17.2 Å². The summed E-state index contributed by atoms with van der Waals surface area (Å²) >= 11 is 0. The average Bonchev–Trinajstić information content (AvgIpc) is 3.49. The minimum atomic E-state index is 0. The molecule has 1 aliphatic rings. The van der Waals surface area contributed by atoms with Gasteiger partial charge in [0.1, 0.15) is 11.5 Å². The van der Waals surface area contributed by atoms with Crippen molar-refractivity contribution in [2.24, 2.45) is 0 Å². The zero-order valence-electron chi connectivity index (χ0n) is 23.7. The van der Waals surface area contributed by atoms with Crippen molar-refractivity contribution in [1.82, 2.24) is 14.5 Å². The quantitative estimate of drug-likeness (QED) is 0.157. The summed E-state index contributed by atoms with van der Waals surface area (Å²) in [7, 11) is 0. The van der Waals surface area contributed by atoms with E-state index in [0.29, 0.717) is 12.1 Å². The number of aromatic nitrogens is 4. The van der Waals surface area contributed by atoms with Gasteiger partial charge in [0, 0.05) is 37.2 Å². The molecule has 6 rings (SSSR count). The standard InChI is InChI=1S/C16H18N3.C16H17N3.HI.Ir/c2*1-12(2)18-11-19(14-7-5-4-6-8-14)16-15(18)10-9-13(3)17-16;;/h4-12H,1-3H3;4-7,9-12H,1-3H3;1H;/q+1;-2;;/p-1. The normalized spacial score (nSPS) is 12.1. The Morgan fingerprint density at radius 2 is 1.50 bits per heavy atom. The largest absolute Gasteiger partial charge is 1.00 e. The van der Waals surface area contributed by atoms with Gasteiger partial charge in [-0.15, -0.1) is 12.4 Å². The second kappa shape index (κ2) is 13.7. The molecule has 211 valence electrons. The molecular weight excluding hydrogens is 788 g/mol. The van der Waals surface area contributed by atoms with Gasteiger partial charge in [-0.2, -0.15) is 34.9 Å². The van der Waals surface area contributed by atoms with Crippen molar-refractivity contribution in [3.05, 3.63) is 109 Å². The number of pyridine rings is 2. The third-order valence-electron chi connectivity index (χ3n) is 6.58. The summed E-state index contributed by atoms with van der Waals surface area (Å²) in [5, 5.41) is 0. The number of imidazole rings is 1. The van der Waals surface area contributed by atoms with Crippen LogP contribution in [0, 0.1) is 26.6 Å². The molecule has 40 heavy (non-hydrogen) atoms. The Balaban J connectivity index is 0.000000210. The van der Waals surface area contributed by atoms with Crippen molar-refractivity contribution in [1.29, 1.82) is 0 Å². The molecule has 3 aromatic heterocycles. The van der Waals surface area contributed by atoms with E-state index in [1.165, 1.54) is 5.52 Å². The third kappa shape index (κ3) is 6.56. The molecule has 2 aromatic carbocycles. The van der Waals surface area contributed by atoms with Gasteiger partial charge in [0.15, 0.2) is 5.52 Å². The van der Waals surface area contributed by atoms with Gasteiger partial charge in [0.25, 0.3) is 12.0 Å². The number of fused-ring (bicyclic) bond motifs is 2. The summed E-state index contributed by atoms with van der Waals surface area (Å²) in [4.78, 5) is 13.7. The number of aryl methyl sites for hydroxylation is 2. The molecule has 0 unspecified atom stereocenters. The summed E-state index contributed by atoms with van der Waals surface area (Å²) in [6.07, 6.45) is 2.14. The Morgan fingerprint density at radius 1 is 0.825 bits per heavy atom. The van der Waals surface area contributed by atoms with Crippen LogP contribution in [0.25, 0.3) is 16.9 Å². The third-order valence-corrected chi connectivity index (χ3v) is 6.58. The smallest absolute Gasteiger partial charge is 0.273 e. The fourth-order valence-electron chi connectivity index (χ4n) is 4.62. The molecule has 4 heterocycles. The van der Waals surface area contributed by atoms with E-state index in [0.717, 1.165) is 39.9 Å². The van der Waals surface area contributed by atoms with Crippen molar-refractivity contribution in [3.63, 3.8) is 0 Å². The number of hydrogen-bond acceptors (Lipinski definition) is 4. The van der Waals surface area contributed by atoms with E-state index < -0.39 is 0 Å². The number of nitrogens with zero attached hydrogens (tertiary/aromatic N) is 6. The fourth-order valence-corrected chi connectivity index (χ4v) is 4.62. The number of para-hydroxylation sites is 2. The monoisotopic (exact) mass is 823 g/mol. The molecule has 0 saturated carbocycles. The molecule has 6 nitrogen and oxygen atoms in total. The van der Waals surface area contributed by atoms with Gasteiger partial charge in [-0.25, -0.2) is 14.5 Å². The average molecular weight is 823 g/mol. The Hall–Kier alpha value is -2.81. The van der Waals surface area contributed by atoms with E-state index in [1.807, 2.05) is 44.2 Å². The second-order valence-electron chi connectivity index (χ2n) is 10.1. The molecule has 0 aliphatic carbocycles. The minimum Gasteiger partial charge on any atom is -1.00 e. The van der Waals surface area contributed by atoms with Crippen LogP contribution in [0.3, 0.4) is 0 Å². The SMILES string of the molecule is Cc1ccc2c(n1)N(c1[c-]cccc1)[CH-]N2C(C)C.Cc1ccc2c(n1)n(-c1ccccc1)c[n+]2C(C)C.[I-].[Ir]. The number of hydrogen-bond donors (Lipinski definition) is 0. The molecule has 0 atom stereocenters. The van der Waals surface area contributed by atoms with Crippen molar-refractivity contribution < 1.29 is 48.6 Å². The molecule has 1 radical (unpaired) electrons. The zero-order valence-corrected chi connectivity index (χ0v) is 28.3. The number of anilines is 3. The van der Waals surface area contributed by atoms with Crippen molar-refractivity contribution in [2.45, 2.75) is 53.6 Å². The predicted octanol–water partition coefficient (Wildman–Crippen LogP) is 3.88. The van der Waals surface area contributed by atoms with Gasteiger partial charge in [-0.1, -0.05) is 18.2 Å². The molecule has 0 amide bonds. The fraction of sp³-hybridized carbons (Fsp3) is 0.250. The maximum Gasteiger partial charge on any atom is 0.273 e. The second-order valence-corrected chi connectivity index (χ2v) is 10.1. The Labute approximate surface area is 268 Å². The van der Waals surface area contributed by atoms with E-state index in [1.54, 1.807) is 0 Å². The van der Waals surface area contributed by atoms with E-state index in [-0.39, 0.29) is 44.1 Å². The van der Waals surface area contributed by atoms with E-state index in [9.17, 15) is 0 Å². The van der Waals surface area contributed by atoms with Gasteiger partial charge in [-0.05, 0) is 84.0 Å². The number of benzene rings is 2. The molecule has 5 aromatic rings. The first kappa shape index (κ1) is 31.7. The van der Waals surface area contributed by atoms with Gasteiger partial charge in [0.05, 0.1) is 6.04 Å². The molecule has 0 saturated heterocycles. The minimum absolute atomic E-state index is 0. The van der Waals surface area contributed by atoms with E-state index >= 15 is 0 Å². The first-order valence-corrected chi connectivity index (χ1v) is 13.2. The van der Waals surface area contributed by atoms with Crippen LogP contribution in [0.2, 0.25) is 0 Å². The Kier molecular flexibility index (Phi) is 10.9. The summed E-state index contributed by atoms with van der Waals surface area (Å²) in [5.41, 5.74) is 7.56. The summed E-state index contributed by atoms with van der Waals surface area (Å²) < 4.78 is 4.41. The molecular formula is C32H35IIrN6-2. The molecule has 0 N–H and O–H groups in total. The van der Waals surface area contributed by atoms with Crippen LogP contribution in [0.1, 0.15) is 45.1 Å². The van der Waals surface area contributed by atoms with Gasteiger partial charge in [0.2, 0.25) is 0 Å². The predicted molar refractivity (Wildman–Crippen MR) is 155 cm³/mol. The van der Waals surface area contributed by atoms with Crippen molar-refractivity contribution in [3.8, 4) is 5.69 Å². The van der Waals surface area contributed by atoms with Crippen LogP contribution in [0.15, 0.2) is 85.2 Å². The Bertz CT molecular complexity index is 1540. The summed E-state index contributed by atoms with van der Waals surface area (Å²) in [5.74, 6) is 0.983. The first-order valence-electron chi connectivity index (χ1n) is 13.2. The van der Waals surface area contributed by atoms with Crippen LogP contribution >= 0.6 is 0 Å². The Morgan fingerprint density at radius 3 is 2.15 bits per heavy atom. The first-order chi connectivity index (χ1) is 18.3. The van der Waals surface area contributed by atoms with Crippen molar-refractivity contribution >= 4 is 28.4 Å². The van der Waals surface area contributed by atoms with Crippen LogP contribution in [-0.2, 0) is 20.1 Å². The zero-order chi connectivity index (χ0) is 26.8. The maximum atomic E-state index is 4.70. The molecule has 1 aliphatic heterocycles. The molecule has 0 spiro atoms. The topological polar surface area (TPSA) is 41.1 Å². The van der Waals surface area contributed by atoms with Gasteiger partial charge >= 0.3 is 0 Å².